The van der Waals surface area contributed by atoms with Gasteiger partial charge in [-0.2, -0.15) is 5.26 Å². The maximum atomic E-state index is 12.4. The van der Waals surface area contributed by atoms with E-state index in [2.05, 4.69) is 21.4 Å². The number of aromatic nitrogens is 2. The minimum Gasteiger partial charge on any atom is -0.497 e. The molecule has 1 aliphatic rings. The van der Waals surface area contributed by atoms with Crippen molar-refractivity contribution in [3.8, 4) is 11.8 Å². The molecule has 1 aliphatic heterocycles. The van der Waals surface area contributed by atoms with Crippen molar-refractivity contribution in [2.45, 2.75) is 19.4 Å². The Balaban J connectivity index is 1.51. The van der Waals surface area contributed by atoms with Gasteiger partial charge in [0.15, 0.2) is 11.5 Å². The molecule has 1 saturated heterocycles. The zero-order valence-electron chi connectivity index (χ0n) is 14.7. The molecule has 1 aromatic carbocycles. The van der Waals surface area contributed by atoms with E-state index in [1.54, 1.807) is 13.3 Å². The molecule has 1 amide bonds. The lowest BCUT2D eigenvalue weighted by molar-refractivity contribution is -0.125. The zero-order valence-corrected chi connectivity index (χ0v) is 14.7. The number of nitrogens with zero attached hydrogens (tertiary/aromatic N) is 4. The van der Waals surface area contributed by atoms with Crippen molar-refractivity contribution >= 4 is 11.7 Å². The quantitative estimate of drug-likeness (QED) is 0.884. The van der Waals surface area contributed by atoms with Crippen LogP contribution in [0, 0.1) is 17.2 Å². The van der Waals surface area contributed by atoms with Crippen LogP contribution >= 0.6 is 0 Å². The van der Waals surface area contributed by atoms with Gasteiger partial charge in [-0.25, -0.2) is 9.97 Å². The number of hydrogen-bond acceptors (Lipinski definition) is 6. The van der Waals surface area contributed by atoms with Crippen molar-refractivity contribution < 1.29 is 9.53 Å². The first kappa shape index (κ1) is 17.7. The predicted octanol–water partition coefficient (Wildman–Crippen LogP) is 1.89. The summed E-state index contributed by atoms with van der Waals surface area (Å²) in [5.74, 6) is 1.45. The first-order valence-corrected chi connectivity index (χ1v) is 8.58. The lowest BCUT2D eigenvalue weighted by Crippen LogP contribution is -2.41. The summed E-state index contributed by atoms with van der Waals surface area (Å²) >= 11 is 0. The smallest absolute Gasteiger partial charge is 0.223 e. The average molecular weight is 351 g/mol. The lowest BCUT2D eigenvalue weighted by atomic mass is 9.95. The van der Waals surface area contributed by atoms with Crippen molar-refractivity contribution in [2.24, 2.45) is 5.92 Å². The highest BCUT2D eigenvalue weighted by atomic mass is 16.5. The fourth-order valence-corrected chi connectivity index (χ4v) is 3.07. The number of carbonyl (C=O) groups excluding carboxylic acids is 1. The molecule has 26 heavy (non-hydrogen) atoms. The van der Waals surface area contributed by atoms with Gasteiger partial charge in [0.2, 0.25) is 5.91 Å². The maximum absolute atomic E-state index is 12.4. The highest BCUT2D eigenvalue weighted by Gasteiger charge is 2.26. The van der Waals surface area contributed by atoms with Gasteiger partial charge in [-0.15, -0.1) is 0 Å². The third kappa shape index (κ3) is 4.09. The lowest BCUT2D eigenvalue weighted by Gasteiger charge is -2.32. The van der Waals surface area contributed by atoms with E-state index in [1.165, 1.54) is 6.20 Å². The van der Waals surface area contributed by atoms with Crippen LogP contribution in [0.1, 0.15) is 24.1 Å². The number of amides is 1. The molecule has 0 saturated carbocycles. The molecule has 2 aromatic rings. The van der Waals surface area contributed by atoms with E-state index in [0.717, 1.165) is 24.2 Å². The molecule has 0 bridgehead atoms. The minimum absolute atomic E-state index is 0.0216. The highest BCUT2D eigenvalue weighted by Crippen LogP contribution is 2.23. The van der Waals surface area contributed by atoms with Crippen molar-refractivity contribution in [3.05, 3.63) is 47.9 Å². The van der Waals surface area contributed by atoms with Gasteiger partial charge in [-0.3, -0.25) is 4.79 Å². The van der Waals surface area contributed by atoms with Crippen molar-refractivity contribution in [1.82, 2.24) is 15.3 Å². The van der Waals surface area contributed by atoms with Gasteiger partial charge < -0.3 is 15.0 Å². The molecule has 0 spiro atoms. The molecular formula is C19H21N5O2. The van der Waals surface area contributed by atoms with E-state index in [4.69, 9.17) is 10.00 Å². The minimum atomic E-state index is -0.0216. The molecule has 7 heteroatoms. The Labute approximate surface area is 152 Å². The van der Waals surface area contributed by atoms with E-state index < -0.39 is 0 Å². The number of nitrogens with one attached hydrogen (secondary N) is 1. The van der Waals surface area contributed by atoms with Gasteiger partial charge >= 0.3 is 0 Å². The molecule has 1 N–H and O–H groups in total. The van der Waals surface area contributed by atoms with E-state index in [9.17, 15) is 4.79 Å². The SMILES string of the molecule is COc1ccc(CNC(=O)C2CCN(c3nccnc3C#N)CC2)cc1. The van der Waals surface area contributed by atoms with Crippen LogP contribution in [-0.2, 0) is 11.3 Å². The van der Waals surface area contributed by atoms with Crippen LogP contribution in [0.3, 0.4) is 0 Å². The van der Waals surface area contributed by atoms with E-state index in [-0.39, 0.29) is 11.8 Å². The largest absolute Gasteiger partial charge is 0.497 e. The summed E-state index contributed by atoms with van der Waals surface area (Å²) < 4.78 is 5.13. The Bertz CT molecular complexity index is 792. The molecule has 1 aromatic heterocycles. The Hall–Kier alpha value is -3.14. The van der Waals surface area contributed by atoms with E-state index in [1.807, 2.05) is 29.2 Å². The molecule has 0 atom stereocenters. The van der Waals surface area contributed by atoms with Crippen LogP contribution in [0.2, 0.25) is 0 Å². The number of methoxy groups -OCH3 is 1. The number of hydrogen-bond donors (Lipinski definition) is 1. The molecule has 7 nitrogen and oxygen atoms in total. The molecule has 0 aliphatic carbocycles. The second kappa shape index (κ2) is 8.30. The monoisotopic (exact) mass is 351 g/mol. The number of piperidine rings is 1. The Morgan fingerprint density at radius 1 is 1.27 bits per heavy atom. The number of rotatable bonds is 5. The molecule has 3 rings (SSSR count). The third-order valence-electron chi connectivity index (χ3n) is 4.58. The molecule has 0 radical (unpaired) electrons. The van der Waals surface area contributed by atoms with Crippen LogP contribution in [0.15, 0.2) is 36.7 Å². The highest BCUT2D eigenvalue weighted by molar-refractivity contribution is 5.79. The van der Waals surface area contributed by atoms with Crippen molar-refractivity contribution in [2.75, 3.05) is 25.1 Å². The number of benzene rings is 1. The van der Waals surface area contributed by atoms with Gasteiger partial charge in [0.1, 0.15) is 11.8 Å². The summed E-state index contributed by atoms with van der Waals surface area (Å²) in [7, 11) is 1.63. The average Bonchev–Trinajstić information content (AvgIpc) is 2.72. The molecule has 134 valence electrons. The van der Waals surface area contributed by atoms with Crippen molar-refractivity contribution in [3.63, 3.8) is 0 Å². The summed E-state index contributed by atoms with van der Waals surface area (Å²) in [6.45, 7) is 1.88. The van der Waals surface area contributed by atoms with Crippen LogP contribution in [0.5, 0.6) is 5.75 Å². The Morgan fingerprint density at radius 2 is 1.96 bits per heavy atom. The fourth-order valence-electron chi connectivity index (χ4n) is 3.07. The summed E-state index contributed by atoms with van der Waals surface area (Å²) in [6, 6.07) is 9.72. The zero-order chi connectivity index (χ0) is 18.4. The van der Waals surface area contributed by atoms with Gasteiger partial charge in [0, 0.05) is 37.9 Å². The standard InChI is InChI=1S/C19H21N5O2/c1-26-16-4-2-14(3-5-16)13-23-19(25)15-6-10-24(11-7-15)18-17(12-20)21-8-9-22-18/h2-5,8-9,15H,6-7,10-11,13H2,1H3,(H,23,25). The number of anilines is 1. The summed E-state index contributed by atoms with van der Waals surface area (Å²) in [5.41, 5.74) is 1.37. The second-order valence-electron chi connectivity index (χ2n) is 6.17. The predicted molar refractivity (Wildman–Crippen MR) is 96.5 cm³/mol. The molecule has 0 unspecified atom stereocenters. The van der Waals surface area contributed by atoms with Gasteiger partial charge in [0.05, 0.1) is 7.11 Å². The summed E-state index contributed by atoms with van der Waals surface area (Å²) in [6.07, 6.45) is 4.57. The summed E-state index contributed by atoms with van der Waals surface area (Å²) in [5, 5.41) is 12.2. The number of ether oxygens (including phenoxy) is 1. The first-order chi connectivity index (χ1) is 12.7. The van der Waals surface area contributed by atoms with Crippen molar-refractivity contribution in [1.29, 1.82) is 5.26 Å². The van der Waals surface area contributed by atoms with Crippen LogP contribution in [0.4, 0.5) is 5.82 Å². The van der Waals surface area contributed by atoms with Crippen LogP contribution in [0.25, 0.3) is 0 Å². The molecule has 1 fully saturated rings. The van der Waals surface area contributed by atoms with E-state index >= 15 is 0 Å². The van der Waals surface area contributed by atoms with Gasteiger partial charge in [0.25, 0.3) is 0 Å². The van der Waals surface area contributed by atoms with Gasteiger partial charge in [-0.05, 0) is 30.5 Å². The Morgan fingerprint density at radius 3 is 2.62 bits per heavy atom. The normalized spacial score (nSPS) is 14.5. The summed E-state index contributed by atoms with van der Waals surface area (Å²) in [4.78, 5) is 22.8. The van der Waals surface area contributed by atoms with Crippen LogP contribution in [-0.4, -0.2) is 36.1 Å². The topological polar surface area (TPSA) is 91.1 Å². The molecular weight excluding hydrogens is 330 g/mol. The first-order valence-electron chi connectivity index (χ1n) is 8.58. The number of carbonyl (C=O) groups is 1. The Kier molecular flexibility index (Phi) is 5.64. The van der Waals surface area contributed by atoms with E-state index in [0.29, 0.717) is 31.1 Å². The fraction of sp³-hybridized carbons (Fsp3) is 0.368. The van der Waals surface area contributed by atoms with Gasteiger partial charge in [-0.1, -0.05) is 12.1 Å². The third-order valence-corrected chi connectivity index (χ3v) is 4.58. The molecule has 2 heterocycles. The maximum Gasteiger partial charge on any atom is 0.223 e. The number of nitriles is 1. The van der Waals surface area contributed by atoms with Crippen LogP contribution < -0.4 is 15.0 Å². The second-order valence-corrected chi connectivity index (χ2v) is 6.17.